The molecule has 1 atom stereocenters. The molecule has 0 saturated carbocycles. The van der Waals surface area contributed by atoms with E-state index in [0.29, 0.717) is 10.0 Å². The van der Waals surface area contributed by atoms with Crippen molar-refractivity contribution in [3.05, 3.63) is 39.3 Å². The van der Waals surface area contributed by atoms with Crippen LogP contribution in [-0.2, 0) is 0 Å². The molecule has 1 heterocycles. The van der Waals surface area contributed by atoms with Crippen molar-refractivity contribution in [2.75, 3.05) is 7.05 Å². The number of aromatic nitrogens is 1. The number of hydrogen-bond donors (Lipinski definition) is 1. The van der Waals surface area contributed by atoms with Crippen LogP contribution in [0.5, 0.6) is 0 Å². The lowest BCUT2D eigenvalue weighted by Gasteiger charge is -2.05. The van der Waals surface area contributed by atoms with E-state index < -0.39 is 0 Å². The second kappa shape index (κ2) is 5.36. The Kier molecular flexibility index (Phi) is 4.05. The molecular formula is C12H12Cl2N2S. The largest absolute Gasteiger partial charge is 0.312 e. The minimum absolute atomic E-state index is 0.253. The molecular weight excluding hydrogens is 275 g/mol. The van der Waals surface area contributed by atoms with Gasteiger partial charge in [0.15, 0.2) is 0 Å². The summed E-state index contributed by atoms with van der Waals surface area (Å²) >= 11 is 13.5. The number of hydrogen-bond acceptors (Lipinski definition) is 3. The molecule has 2 aromatic rings. The number of nitrogens with one attached hydrogen (secondary N) is 1. The van der Waals surface area contributed by atoms with Crippen LogP contribution in [0.25, 0.3) is 10.6 Å². The van der Waals surface area contributed by atoms with E-state index in [1.807, 2.05) is 19.2 Å². The van der Waals surface area contributed by atoms with Crippen molar-refractivity contribution in [2.24, 2.45) is 0 Å². The summed E-state index contributed by atoms with van der Waals surface area (Å²) in [6.07, 6.45) is 0. The molecule has 0 amide bonds. The molecule has 0 aliphatic heterocycles. The number of rotatable bonds is 3. The zero-order chi connectivity index (χ0) is 12.4. The first-order chi connectivity index (χ1) is 8.11. The number of thiazole rings is 1. The van der Waals surface area contributed by atoms with Gasteiger partial charge in [-0.1, -0.05) is 29.3 Å². The molecule has 1 unspecified atom stereocenters. The SMILES string of the molecule is CNC(C)c1csc(-c2ccc(Cl)c(Cl)c2)n1. The maximum Gasteiger partial charge on any atom is 0.123 e. The summed E-state index contributed by atoms with van der Waals surface area (Å²) < 4.78 is 0. The molecule has 0 fully saturated rings. The predicted octanol–water partition coefficient (Wildman–Crippen LogP) is 4.40. The van der Waals surface area contributed by atoms with Crippen molar-refractivity contribution in [1.29, 1.82) is 0 Å². The zero-order valence-corrected chi connectivity index (χ0v) is 11.8. The molecule has 0 radical (unpaired) electrons. The van der Waals surface area contributed by atoms with Gasteiger partial charge in [0.2, 0.25) is 0 Å². The van der Waals surface area contributed by atoms with Crippen LogP contribution >= 0.6 is 34.5 Å². The summed E-state index contributed by atoms with van der Waals surface area (Å²) in [7, 11) is 1.92. The molecule has 2 rings (SSSR count). The molecule has 1 aromatic heterocycles. The first-order valence-electron chi connectivity index (χ1n) is 5.20. The van der Waals surface area contributed by atoms with Gasteiger partial charge in [-0.2, -0.15) is 0 Å². The van der Waals surface area contributed by atoms with Crippen molar-refractivity contribution >= 4 is 34.5 Å². The van der Waals surface area contributed by atoms with Crippen molar-refractivity contribution in [1.82, 2.24) is 10.3 Å². The van der Waals surface area contributed by atoms with Crippen LogP contribution in [0.15, 0.2) is 23.6 Å². The summed E-state index contributed by atoms with van der Waals surface area (Å²) in [5.74, 6) is 0. The van der Waals surface area contributed by atoms with E-state index >= 15 is 0 Å². The lowest BCUT2D eigenvalue weighted by molar-refractivity contribution is 0.637. The standard InChI is InChI=1S/C12H12Cl2N2S/c1-7(15-2)11-6-17-12(16-11)8-3-4-9(13)10(14)5-8/h3-7,15H,1-2H3. The van der Waals surface area contributed by atoms with Gasteiger partial charge in [0.05, 0.1) is 15.7 Å². The Morgan fingerprint density at radius 3 is 2.71 bits per heavy atom. The molecule has 90 valence electrons. The molecule has 0 saturated heterocycles. The maximum atomic E-state index is 5.99. The normalized spacial score (nSPS) is 12.7. The van der Waals surface area contributed by atoms with Crippen molar-refractivity contribution in [3.63, 3.8) is 0 Å². The Hall–Kier alpha value is -0.610. The lowest BCUT2D eigenvalue weighted by atomic mass is 10.2. The molecule has 0 aliphatic rings. The highest BCUT2D eigenvalue weighted by molar-refractivity contribution is 7.13. The monoisotopic (exact) mass is 286 g/mol. The Labute approximate surface area is 115 Å². The van der Waals surface area contributed by atoms with Crippen molar-refractivity contribution in [3.8, 4) is 10.6 Å². The van der Waals surface area contributed by atoms with Gasteiger partial charge in [0, 0.05) is 17.0 Å². The molecule has 0 aliphatic carbocycles. The van der Waals surface area contributed by atoms with Crippen molar-refractivity contribution in [2.45, 2.75) is 13.0 Å². The molecule has 17 heavy (non-hydrogen) atoms. The van der Waals surface area contributed by atoms with E-state index in [2.05, 4.69) is 22.6 Å². The summed E-state index contributed by atoms with van der Waals surface area (Å²) in [6.45, 7) is 2.08. The molecule has 1 aromatic carbocycles. The fraction of sp³-hybridized carbons (Fsp3) is 0.250. The van der Waals surface area contributed by atoms with Gasteiger partial charge >= 0.3 is 0 Å². The van der Waals surface area contributed by atoms with Crippen LogP contribution in [0, 0.1) is 0 Å². The van der Waals surface area contributed by atoms with Crippen LogP contribution in [0.1, 0.15) is 18.7 Å². The van der Waals surface area contributed by atoms with E-state index in [1.165, 1.54) is 0 Å². The quantitative estimate of drug-likeness (QED) is 0.905. The smallest absolute Gasteiger partial charge is 0.123 e. The third-order valence-corrected chi connectivity index (χ3v) is 4.21. The first-order valence-corrected chi connectivity index (χ1v) is 6.83. The number of nitrogens with zero attached hydrogens (tertiary/aromatic N) is 1. The van der Waals surface area contributed by atoms with E-state index in [-0.39, 0.29) is 6.04 Å². The highest BCUT2D eigenvalue weighted by Gasteiger charge is 2.10. The average molecular weight is 287 g/mol. The topological polar surface area (TPSA) is 24.9 Å². The molecule has 0 spiro atoms. The lowest BCUT2D eigenvalue weighted by Crippen LogP contribution is -2.12. The van der Waals surface area contributed by atoms with Crippen LogP contribution in [-0.4, -0.2) is 12.0 Å². The molecule has 5 heteroatoms. The number of benzene rings is 1. The predicted molar refractivity (Wildman–Crippen MR) is 75.0 cm³/mol. The molecule has 2 nitrogen and oxygen atoms in total. The minimum atomic E-state index is 0.253. The van der Waals surface area contributed by atoms with E-state index in [0.717, 1.165) is 16.3 Å². The van der Waals surface area contributed by atoms with E-state index in [9.17, 15) is 0 Å². The first kappa shape index (κ1) is 12.8. The Morgan fingerprint density at radius 1 is 1.29 bits per heavy atom. The highest BCUT2D eigenvalue weighted by atomic mass is 35.5. The maximum absolute atomic E-state index is 5.99. The molecule has 1 N–H and O–H groups in total. The minimum Gasteiger partial charge on any atom is -0.312 e. The van der Waals surface area contributed by atoms with Crippen LogP contribution in [0.2, 0.25) is 10.0 Å². The van der Waals surface area contributed by atoms with Gasteiger partial charge in [-0.15, -0.1) is 11.3 Å². The second-order valence-electron chi connectivity index (χ2n) is 3.72. The average Bonchev–Trinajstić information content (AvgIpc) is 2.81. The summed E-state index contributed by atoms with van der Waals surface area (Å²) in [5, 5.41) is 7.30. The third-order valence-electron chi connectivity index (χ3n) is 2.57. The van der Waals surface area contributed by atoms with E-state index in [1.54, 1.807) is 17.4 Å². The van der Waals surface area contributed by atoms with Crippen molar-refractivity contribution < 1.29 is 0 Å². The fourth-order valence-electron chi connectivity index (χ4n) is 1.39. The zero-order valence-electron chi connectivity index (χ0n) is 9.50. The summed E-state index contributed by atoms with van der Waals surface area (Å²) in [6, 6.07) is 5.82. The van der Waals surface area contributed by atoms with Gasteiger partial charge < -0.3 is 5.32 Å². The van der Waals surface area contributed by atoms with Gasteiger partial charge in [-0.25, -0.2) is 4.98 Å². The highest BCUT2D eigenvalue weighted by Crippen LogP contribution is 2.31. The fourth-order valence-corrected chi connectivity index (χ4v) is 2.60. The number of halogens is 2. The van der Waals surface area contributed by atoms with Gasteiger partial charge in [0.25, 0.3) is 0 Å². The van der Waals surface area contributed by atoms with Crippen LogP contribution in [0.4, 0.5) is 0 Å². The van der Waals surface area contributed by atoms with Gasteiger partial charge in [-0.05, 0) is 26.1 Å². The van der Waals surface area contributed by atoms with Crippen LogP contribution in [0.3, 0.4) is 0 Å². The van der Waals surface area contributed by atoms with Crippen LogP contribution < -0.4 is 5.32 Å². The van der Waals surface area contributed by atoms with E-state index in [4.69, 9.17) is 23.2 Å². The van der Waals surface area contributed by atoms with Gasteiger partial charge in [0.1, 0.15) is 5.01 Å². The Morgan fingerprint density at radius 2 is 2.06 bits per heavy atom. The molecule has 0 bridgehead atoms. The third kappa shape index (κ3) is 2.80. The van der Waals surface area contributed by atoms with Gasteiger partial charge in [-0.3, -0.25) is 0 Å². The summed E-state index contributed by atoms with van der Waals surface area (Å²) in [5.41, 5.74) is 2.04. The second-order valence-corrected chi connectivity index (χ2v) is 5.39. The summed E-state index contributed by atoms with van der Waals surface area (Å²) in [4.78, 5) is 4.58. The Balaban J connectivity index is 2.33. The Bertz CT molecular complexity index is 525.